The molecule has 0 aliphatic rings. The highest BCUT2D eigenvalue weighted by Crippen LogP contribution is 2.34. The zero-order valence-electron chi connectivity index (χ0n) is 13.0. The Morgan fingerprint density at radius 3 is 2.46 bits per heavy atom. The van der Waals surface area contributed by atoms with Gasteiger partial charge in [-0.1, -0.05) is 24.3 Å². The fraction of sp³-hybridized carbons (Fsp3) is 0.235. The van der Waals surface area contributed by atoms with Gasteiger partial charge in [0.1, 0.15) is 17.1 Å². The van der Waals surface area contributed by atoms with Crippen molar-refractivity contribution in [1.82, 2.24) is 0 Å². The molecule has 0 aliphatic carbocycles. The Labute approximate surface area is 136 Å². The van der Waals surface area contributed by atoms with E-state index in [1.165, 1.54) is 25.3 Å². The minimum absolute atomic E-state index is 0.144. The number of benzene rings is 2. The molecule has 0 saturated carbocycles. The highest BCUT2D eigenvalue weighted by molar-refractivity contribution is 6.00. The molecule has 0 aliphatic heterocycles. The summed E-state index contributed by atoms with van der Waals surface area (Å²) in [4.78, 5) is 12.2. The summed E-state index contributed by atoms with van der Waals surface area (Å²) in [5.41, 5.74) is 0.908. The van der Waals surface area contributed by atoms with Gasteiger partial charge in [0.05, 0.1) is 13.7 Å². The first kappa shape index (κ1) is 17.7. The van der Waals surface area contributed by atoms with Crippen LogP contribution in [-0.4, -0.2) is 26.0 Å². The predicted molar refractivity (Wildman–Crippen MR) is 81.1 cm³/mol. The lowest BCUT2D eigenvalue weighted by Crippen LogP contribution is -2.17. The summed E-state index contributed by atoms with van der Waals surface area (Å²) in [7, 11) is 1.39. The topological polar surface area (TPSA) is 44.8 Å². The summed E-state index contributed by atoms with van der Waals surface area (Å²) in [5, 5.41) is 0. The molecule has 0 spiro atoms. The van der Waals surface area contributed by atoms with E-state index >= 15 is 0 Å². The monoisotopic (exact) mass is 340 g/mol. The van der Waals surface area contributed by atoms with Crippen molar-refractivity contribution in [3.8, 4) is 22.6 Å². The van der Waals surface area contributed by atoms with E-state index in [1.54, 1.807) is 31.2 Å². The fourth-order valence-electron chi connectivity index (χ4n) is 2.22. The van der Waals surface area contributed by atoms with Crippen LogP contribution in [0.3, 0.4) is 0 Å². The predicted octanol–water partition coefficient (Wildman–Crippen LogP) is 4.44. The van der Waals surface area contributed by atoms with Crippen molar-refractivity contribution >= 4 is 5.97 Å². The third-order valence-electron chi connectivity index (χ3n) is 3.10. The van der Waals surface area contributed by atoms with Gasteiger partial charge in [0.25, 0.3) is 0 Å². The summed E-state index contributed by atoms with van der Waals surface area (Å²) < 4.78 is 51.3. The van der Waals surface area contributed by atoms with E-state index in [-0.39, 0.29) is 23.7 Å². The van der Waals surface area contributed by atoms with Gasteiger partial charge in [-0.2, -0.15) is 0 Å². The zero-order chi connectivity index (χ0) is 17.7. The highest BCUT2D eigenvalue weighted by atomic mass is 19.4. The van der Waals surface area contributed by atoms with Gasteiger partial charge in [0, 0.05) is 5.56 Å². The SMILES string of the molecule is CCOC(=O)c1c(OC)cccc1-c1cccc(OC(F)(F)F)c1. The fourth-order valence-corrected chi connectivity index (χ4v) is 2.22. The van der Waals surface area contributed by atoms with E-state index < -0.39 is 12.3 Å². The second kappa shape index (κ2) is 7.25. The summed E-state index contributed by atoms with van der Waals surface area (Å²) in [6.07, 6.45) is -4.79. The number of alkyl halides is 3. The second-order valence-electron chi connectivity index (χ2n) is 4.68. The minimum atomic E-state index is -4.79. The summed E-state index contributed by atoms with van der Waals surface area (Å²) in [6, 6.07) is 10.2. The molecule has 24 heavy (non-hydrogen) atoms. The number of ether oxygens (including phenoxy) is 3. The maximum Gasteiger partial charge on any atom is 0.573 e. The molecule has 2 aromatic rings. The van der Waals surface area contributed by atoms with Gasteiger partial charge in [0.2, 0.25) is 0 Å². The van der Waals surface area contributed by atoms with Crippen LogP contribution in [0.2, 0.25) is 0 Å². The smallest absolute Gasteiger partial charge is 0.496 e. The standard InChI is InChI=1S/C17H15F3O4/c1-3-23-16(21)15-13(8-5-9-14(15)22-2)11-6-4-7-12(10-11)24-17(18,19)20/h4-10H,3H2,1-2H3. The van der Waals surface area contributed by atoms with Crippen molar-refractivity contribution in [3.63, 3.8) is 0 Å². The summed E-state index contributed by atoms with van der Waals surface area (Å²) in [6.45, 7) is 1.82. The maximum absolute atomic E-state index is 12.4. The summed E-state index contributed by atoms with van der Waals surface area (Å²) >= 11 is 0. The van der Waals surface area contributed by atoms with Crippen molar-refractivity contribution in [1.29, 1.82) is 0 Å². The molecule has 2 rings (SSSR count). The number of rotatable bonds is 5. The van der Waals surface area contributed by atoms with E-state index in [0.717, 1.165) is 0 Å². The van der Waals surface area contributed by atoms with E-state index in [0.29, 0.717) is 11.1 Å². The average Bonchev–Trinajstić information content (AvgIpc) is 2.53. The average molecular weight is 340 g/mol. The van der Waals surface area contributed by atoms with Crippen molar-refractivity contribution < 1.29 is 32.2 Å². The molecule has 0 atom stereocenters. The Morgan fingerprint density at radius 1 is 1.12 bits per heavy atom. The molecular weight excluding hydrogens is 325 g/mol. The summed E-state index contributed by atoms with van der Waals surface area (Å²) in [5.74, 6) is -0.724. The van der Waals surface area contributed by atoms with Crippen LogP contribution >= 0.6 is 0 Å². The molecule has 0 unspecified atom stereocenters. The van der Waals surface area contributed by atoms with E-state index in [1.807, 2.05) is 0 Å². The Morgan fingerprint density at radius 2 is 1.83 bits per heavy atom. The van der Waals surface area contributed by atoms with Crippen LogP contribution in [0.15, 0.2) is 42.5 Å². The van der Waals surface area contributed by atoms with Crippen LogP contribution in [0.1, 0.15) is 17.3 Å². The Bertz CT molecular complexity index is 726. The molecule has 0 amide bonds. The van der Waals surface area contributed by atoms with E-state index in [9.17, 15) is 18.0 Å². The number of hydrogen-bond donors (Lipinski definition) is 0. The molecule has 7 heteroatoms. The molecule has 0 aromatic heterocycles. The third-order valence-corrected chi connectivity index (χ3v) is 3.10. The zero-order valence-corrected chi connectivity index (χ0v) is 13.0. The maximum atomic E-state index is 12.4. The van der Waals surface area contributed by atoms with Gasteiger partial charge in [0.15, 0.2) is 0 Å². The number of hydrogen-bond acceptors (Lipinski definition) is 4. The molecule has 128 valence electrons. The molecular formula is C17H15F3O4. The van der Waals surface area contributed by atoms with Crippen molar-refractivity contribution in [3.05, 3.63) is 48.0 Å². The van der Waals surface area contributed by atoms with E-state index in [4.69, 9.17) is 9.47 Å². The van der Waals surface area contributed by atoms with Crippen molar-refractivity contribution in [2.45, 2.75) is 13.3 Å². The molecule has 0 saturated heterocycles. The van der Waals surface area contributed by atoms with Crippen LogP contribution in [0.25, 0.3) is 11.1 Å². The number of methoxy groups -OCH3 is 1. The lowest BCUT2D eigenvalue weighted by Gasteiger charge is -2.14. The number of carbonyl (C=O) groups is 1. The number of halogens is 3. The lowest BCUT2D eigenvalue weighted by atomic mass is 9.98. The van der Waals surface area contributed by atoms with E-state index in [2.05, 4.69) is 4.74 Å². The van der Waals surface area contributed by atoms with Crippen LogP contribution in [0.4, 0.5) is 13.2 Å². The molecule has 0 heterocycles. The molecule has 0 N–H and O–H groups in total. The normalized spacial score (nSPS) is 11.0. The van der Waals surface area contributed by atoms with Gasteiger partial charge in [-0.05, 0) is 30.7 Å². The van der Waals surface area contributed by atoms with Gasteiger partial charge in [-0.3, -0.25) is 0 Å². The third kappa shape index (κ3) is 4.18. The van der Waals surface area contributed by atoms with Crippen LogP contribution < -0.4 is 9.47 Å². The number of carbonyl (C=O) groups excluding carboxylic acids is 1. The van der Waals surface area contributed by atoms with Crippen LogP contribution in [0.5, 0.6) is 11.5 Å². The first-order valence-corrected chi connectivity index (χ1v) is 7.06. The molecule has 0 bridgehead atoms. The largest absolute Gasteiger partial charge is 0.573 e. The molecule has 0 fully saturated rings. The number of esters is 1. The quantitative estimate of drug-likeness (QED) is 0.755. The lowest BCUT2D eigenvalue weighted by molar-refractivity contribution is -0.274. The van der Waals surface area contributed by atoms with Gasteiger partial charge >= 0.3 is 12.3 Å². The van der Waals surface area contributed by atoms with Crippen LogP contribution in [-0.2, 0) is 4.74 Å². The molecule has 0 radical (unpaired) electrons. The second-order valence-corrected chi connectivity index (χ2v) is 4.68. The van der Waals surface area contributed by atoms with Gasteiger partial charge < -0.3 is 14.2 Å². The Kier molecular flexibility index (Phi) is 5.33. The Balaban J connectivity index is 2.52. The minimum Gasteiger partial charge on any atom is -0.496 e. The van der Waals surface area contributed by atoms with Gasteiger partial charge in [-0.25, -0.2) is 4.79 Å². The Hall–Kier alpha value is -2.70. The first-order valence-electron chi connectivity index (χ1n) is 7.06. The van der Waals surface area contributed by atoms with Crippen molar-refractivity contribution in [2.75, 3.05) is 13.7 Å². The van der Waals surface area contributed by atoms with Crippen LogP contribution in [0, 0.1) is 0 Å². The molecule has 4 nitrogen and oxygen atoms in total. The first-order chi connectivity index (χ1) is 11.4. The van der Waals surface area contributed by atoms with Gasteiger partial charge in [-0.15, -0.1) is 13.2 Å². The molecule has 2 aromatic carbocycles. The highest BCUT2D eigenvalue weighted by Gasteiger charge is 2.31. The van der Waals surface area contributed by atoms with Crippen molar-refractivity contribution in [2.24, 2.45) is 0 Å².